The molecule has 0 aliphatic heterocycles. The quantitative estimate of drug-likeness (QED) is 0.826. The molecule has 1 radical (unpaired) electrons. The third kappa shape index (κ3) is 2.83. The van der Waals surface area contributed by atoms with Crippen LogP contribution in [0.2, 0.25) is 0 Å². The summed E-state index contributed by atoms with van der Waals surface area (Å²) in [5.74, 6) is 0.476. The minimum absolute atomic E-state index is 0.249. The van der Waals surface area contributed by atoms with Crippen LogP contribution in [0.25, 0.3) is 0 Å². The Morgan fingerprint density at radius 2 is 2.19 bits per heavy atom. The molecule has 0 atom stereocenters. The zero-order chi connectivity index (χ0) is 11.4. The van der Waals surface area contributed by atoms with E-state index in [1.165, 1.54) is 12.1 Å². The summed E-state index contributed by atoms with van der Waals surface area (Å²) >= 11 is 3.35. The number of rotatable bonds is 3. The van der Waals surface area contributed by atoms with Crippen molar-refractivity contribution in [2.45, 2.75) is 6.61 Å². The van der Waals surface area contributed by atoms with Gasteiger partial charge < -0.3 is 4.74 Å². The molecule has 0 amide bonds. The van der Waals surface area contributed by atoms with E-state index in [4.69, 9.17) is 4.74 Å². The van der Waals surface area contributed by atoms with Crippen LogP contribution in [-0.4, -0.2) is 0 Å². The first-order valence-electron chi connectivity index (χ1n) is 4.78. The van der Waals surface area contributed by atoms with Crippen LogP contribution in [0.3, 0.4) is 0 Å². The Morgan fingerprint density at radius 1 is 1.31 bits per heavy atom. The summed E-state index contributed by atoms with van der Waals surface area (Å²) in [5.41, 5.74) is 0.805. The van der Waals surface area contributed by atoms with Gasteiger partial charge in [0.25, 0.3) is 0 Å². The molecular weight excluding hydrogens is 271 g/mol. The maximum Gasteiger partial charge on any atom is 0.134 e. The van der Waals surface area contributed by atoms with Crippen molar-refractivity contribution >= 4 is 15.9 Å². The van der Waals surface area contributed by atoms with E-state index in [9.17, 15) is 4.39 Å². The van der Waals surface area contributed by atoms with Crippen LogP contribution >= 0.6 is 15.9 Å². The molecule has 81 valence electrons. The molecule has 2 aromatic carbocycles. The van der Waals surface area contributed by atoms with Crippen molar-refractivity contribution in [2.24, 2.45) is 0 Å². The van der Waals surface area contributed by atoms with Gasteiger partial charge in [-0.3, -0.25) is 0 Å². The van der Waals surface area contributed by atoms with Crippen LogP contribution in [0, 0.1) is 11.9 Å². The lowest BCUT2D eigenvalue weighted by molar-refractivity contribution is 0.303. The zero-order valence-electron chi connectivity index (χ0n) is 8.41. The zero-order valence-corrected chi connectivity index (χ0v) is 10.00. The highest BCUT2D eigenvalue weighted by atomic mass is 79.9. The second-order valence-corrected chi connectivity index (χ2v) is 4.13. The predicted octanol–water partition coefficient (Wildman–Crippen LogP) is 3.97. The van der Waals surface area contributed by atoms with Crippen LogP contribution in [0.15, 0.2) is 46.9 Å². The van der Waals surface area contributed by atoms with Gasteiger partial charge in [-0.05, 0) is 51.8 Å². The average molecular weight is 280 g/mol. The van der Waals surface area contributed by atoms with Crippen LogP contribution in [-0.2, 0) is 6.61 Å². The molecule has 0 saturated carbocycles. The Labute approximate surface area is 102 Å². The Kier molecular flexibility index (Phi) is 3.57. The normalized spacial score (nSPS) is 10.1. The molecule has 0 saturated heterocycles. The van der Waals surface area contributed by atoms with E-state index in [1.807, 2.05) is 12.1 Å². The number of hydrogen-bond acceptors (Lipinski definition) is 1. The summed E-state index contributed by atoms with van der Waals surface area (Å²) in [6, 6.07) is 14.6. The summed E-state index contributed by atoms with van der Waals surface area (Å²) in [4.78, 5) is 0. The molecule has 0 spiro atoms. The molecule has 0 bridgehead atoms. The topological polar surface area (TPSA) is 9.23 Å². The lowest BCUT2D eigenvalue weighted by atomic mass is 10.2. The van der Waals surface area contributed by atoms with E-state index in [0.29, 0.717) is 6.61 Å². The largest absolute Gasteiger partial charge is 0.488 e. The molecule has 0 aliphatic rings. The molecule has 3 heteroatoms. The number of hydrogen-bond donors (Lipinski definition) is 0. The lowest BCUT2D eigenvalue weighted by Gasteiger charge is -2.07. The molecule has 0 unspecified atom stereocenters. The van der Waals surface area contributed by atoms with Crippen LogP contribution in [0.1, 0.15) is 5.56 Å². The van der Waals surface area contributed by atoms with Gasteiger partial charge in [0.15, 0.2) is 0 Å². The highest BCUT2D eigenvalue weighted by Gasteiger charge is 2.00. The van der Waals surface area contributed by atoms with Gasteiger partial charge in [0.2, 0.25) is 0 Å². The van der Waals surface area contributed by atoms with Gasteiger partial charge in [-0.25, -0.2) is 4.39 Å². The molecule has 0 N–H and O–H groups in total. The van der Waals surface area contributed by atoms with Crippen molar-refractivity contribution < 1.29 is 9.13 Å². The Balaban J connectivity index is 2.05. The first-order chi connectivity index (χ1) is 7.75. The second-order valence-electron chi connectivity index (χ2n) is 3.28. The Bertz CT molecular complexity index is 485. The van der Waals surface area contributed by atoms with E-state index in [-0.39, 0.29) is 5.82 Å². The fourth-order valence-electron chi connectivity index (χ4n) is 1.30. The van der Waals surface area contributed by atoms with Crippen molar-refractivity contribution in [1.82, 2.24) is 0 Å². The molecule has 16 heavy (non-hydrogen) atoms. The Hall–Kier alpha value is -1.35. The van der Waals surface area contributed by atoms with E-state index < -0.39 is 0 Å². The monoisotopic (exact) mass is 279 g/mol. The molecule has 0 heterocycles. The van der Waals surface area contributed by atoms with Crippen molar-refractivity contribution in [2.75, 3.05) is 0 Å². The van der Waals surface area contributed by atoms with Crippen molar-refractivity contribution in [1.29, 1.82) is 0 Å². The molecule has 0 fully saturated rings. The highest BCUT2D eigenvalue weighted by Crippen LogP contribution is 2.24. The minimum atomic E-state index is -0.249. The second kappa shape index (κ2) is 5.12. The highest BCUT2D eigenvalue weighted by molar-refractivity contribution is 9.10. The Morgan fingerprint density at radius 3 is 2.94 bits per heavy atom. The summed E-state index contributed by atoms with van der Waals surface area (Å²) in [6.07, 6.45) is 0. The fraction of sp³-hybridized carbons (Fsp3) is 0.0769. The van der Waals surface area contributed by atoms with Crippen LogP contribution in [0.4, 0.5) is 4.39 Å². The SMILES string of the molecule is Fc1cccc(COc2cc[c]cc2Br)c1. The molecule has 0 aromatic heterocycles. The first kappa shape index (κ1) is 11.1. The molecular formula is C13H9BrFO. The van der Waals surface area contributed by atoms with Crippen molar-refractivity contribution in [3.63, 3.8) is 0 Å². The summed E-state index contributed by atoms with van der Waals surface area (Å²) in [5, 5.41) is 0. The predicted molar refractivity (Wildman–Crippen MR) is 63.7 cm³/mol. The van der Waals surface area contributed by atoms with Gasteiger partial charge in [0.05, 0.1) is 4.47 Å². The van der Waals surface area contributed by atoms with Crippen molar-refractivity contribution in [3.05, 3.63) is 64.4 Å². The molecule has 1 nitrogen and oxygen atoms in total. The van der Waals surface area contributed by atoms with E-state index in [2.05, 4.69) is 22.0 Å². The number of benzene rings is 2. The minimum Gasteiger partial charge on any atom is -0.488 e. The molecule has 0 aliphatic carbocycles. The number of ether oxygens (including phenoxy) is 1. The third-order valence-corrected chi connectivity index (χ3v) is 2.68. The maximum atomic E-state index is 12.9. The standard InChI is InChI=1S/C13H9BrFO/c14-12-6-1-2-7-13(12)16-9-10-4-3-5-11(15)8-10/h2-8H,9H2. The van der Waals surface area contributed by atoms with E-state index in [0.717, 1.165) is 15.8 Å². The van der Waals surface area contributed by atoms with E-state index >= 15 is 0 Å². The van der Waals surface area contributed by atoms with Gasteiger partial charge in [0.1, 0.15) is 18.2 Å². The lowest BCUT2D eigenvalue weighted by Crippen LogP contribution is -1.96. The smallest absolute Gasteiger partial charge is 0.134 e. The van der Waals surface area contributed by atoms with E-state index in [1.54, 1.807) is 18.2 Å². The third-order valence-electron chi connectivity index (χ3n) is 2.06. The molecule has 2 rings (SSSR count). The molecule has 2 aromatic rings. The van der Waals surface area contributed by atoms with Crippen molar-refractivity contribution in [3.8, 4) is 5.75 Å². The first-order valence-corrected chi connectivity index (χ1v) is 5.58. The van der Waals surface area contributed by atoms with Gasteiger partial charge >= 0.3 is 0 Å². The van der Waals surface area contributed by atoms with Gasteiger partial charge in [-0.15, -0.1) is 0 Å². The summed E-state index contributed by atoms with van der Waals surface area (Å²) < 4.78 is 19.3. The average Bonchev–Trinajstić information content (AvgIpc) is 2.28. The summed E-state index contributed by atoms with van der Waals surface area (Å²) in [6.45, 7) is 0.348. The van der Waals surface area contributed by atoms with Crippen LogP contribution in [0.5, 0.6) is 5.75 Å². The fourth-order valence-corrected chi connectivity index (χ4v) is 1.68. The van der Waals surface area contributed by atoms with Crippen LogP contribution < -0.4 is 4.74 Å². The van der Waals surface area contributed by atoms with Gasteiger partial charge in [0, 0.05) is 0 Å². The van der Waals surface area contributed by atoms with Gasteiger partial charge in [-0.2, -0.15) is 0 Å². The maximum absolute atomic E-state index is 12.9. The number of halogens is 2. The summed E-state index contributed by atoms with van der Waals surface area (Å²) in [7, 11) is 0. The van der Waals surface area contributed by atoms with Gasteiger partial charge in [-0.1, -0.05) is 18.2 Å².